The molecule has 1 aliphatic carbocycles. The molecule has 38 heavy (non-hydrogen) atoms. The fourth-order valence-corrected chi connectivity index (χ4v) is 6.66. The van der Waals surface area contributed by atoms with Gasteiger partial charge in [-0.1, -0.05) is 26.8 Å². The Morgan fingerprint density at radius 3 is 2.58 bits per heavy atom. The lowest BCUT2D eigenvalue weighted by Gasteiger charge is -2.55. The van der Waals surface area contributed by atoms with E-state index in [1.807, 2.05) is 33.8 Å². The van der Waals surface area contributed by atoms with Gasteiger partial charge in [-0.3, -0.25) is 4.79 Å². The van der Waals surface area contributed by atoms with Crippen molar-refractivity contribution in [2.75, 3.05) is 5.32 Å². The summed E-state index contributed by atoms with van der Waals surface area (Å²) in [6.07, 6.45) is -0.740. The number of carbonyl (C=O) groups is 1. The minimum Gasteiger partial charge on any atom is -0.481 e. The van der Waals surface area contributed by atoms with E-state index in [9.17, 15) is 28.2 Å². The van der Waals surface area contributed by atoms with Crippen molar-refractivity contribution in [2.24, 2.45) is 16.7 Å². The molecule has 0 spiro atoms. The van der Waals surface area contributed by atoms with E-state index in [0.29, 0.717) is 17.1 Å². The molecule has 2 heterocycles. The molecule has 0 radical (unpaired) electrons. The Kier molecular flexibility index (Phi) is 7.07. The van der Waals surface area contributed by atoms with E-state index in [1.165, 1.54) is 11.3 Å². The first-order chi connectivity index (χ1) is 17.6. The molecule has 11 heteroatoms. The van der Waals surface area contributed by atoms with Crippen LogP contribution in [-0.2, 0) is 16.6 Å². The van der Waals surface area contributed by atoms with Gasteiger partial charge >= 0.3 is 12.1 Å². The van der Waals surface area contributed by atoms with Gasteiger partial charge in [0.05, 0.1) is 10.3 Å². The number of carboxylic acid groups (broad SMARTS) is 1. The number of alkyl halides is 3. The van der Waals surface area contributed by atoms with E-state index in [-0.39, 0.29) is 24.7 Å². The van der Waals surface area contributed by atoms with Crippen LogP contribution in [0.1, 0.15) is 63.2 Å². The zero-order valence-electron chi connectivity index (χ0n) is 21.8. The van der Waals surface area contributed by atoms with Crippen molar-refractivity contribution in [2.45, 2.75) is 65.7 Å². The van der Waals surface area contributed by atoms with Crippen molar-refractivity contribution in [3.05, 3.63) is 52.9 Å². The second-order valence-corrected chi connectivity index (χ2v) is 11.8. The fraction of sp³-hybridized carbons (Fsp3) is 0.481. The molecule has 3 aromatic rings. The van der Waals surface area contributed by atoms with Crippen molar-refractivity contribution < 1.29 is 28.2 Å². The molecule has 4 atom stereocenters. The van der Waals surface area contributed by atoms with E-state index in [0.717, 1.165) is 28.3 Å². The van der Waals surface area contributed by atoms with Gasteiger partial charge in [-0.2, -0.15) is 13.2 Å². The lowest BCUT2D eigenvalue weighted by atomic mass is 9.49. The number of thiazole rings is 1. The standard InChI is InChI=1S/C27H31F3N4O3S/c1-6-24(4)14-26(37,12-16(3)25(24,5)22(35)36)21-32-13-19(38-21)17-9-15(2)10-18(11-17)33-23-31-8-7-20(34-23)27(28,29)30/h7-11,13,16,37H,6,12,14H2,1-5H3,(H,35,36)(H,31,33,34)/t16-,24+,25+,26+/m0/s1. The lowest BCUT2D eigenvalue weighted by molar-refractivity contribution is -0.186. The highest BCUT2D eigenvalue weighted by atomic mass is 32.1. The molecule has 0 saturated heterocycles. The summed E-state index contributed by atoms with van der Waals surface area (Å²) in [5.74, 6) is -1.33. The molecule has 3 N–H and O–H groups in total. The summed E-state index contributed by atoms with van der Waals surface area (Å²) < 4.78 is 39.1. The Labute approximate surface area is 223 Å². The SMILES string of the molecule is CC[C@]1(C)C[C@@](O)(c2ncc(-c3cc(C)cc(Nc4nccc(C(F)(F)F)n4)c3)s2)C[C@H](C)[C@]1(C)C(=O)O. The average Bonchev–Trinajstić information content (AvgIpc) is 3.33. The minimum atomic E-state index is -4.58. The summed E-state index contributed by atoms with van der Waals surface area (Å²) in [6.45, 7) is 9.37. The number of aliphatic carboxylic acids is 1. The summed E-state index contributed by atoms with van der Waals surface area (Å²) in [5.41, 5.74) is -1.83. The topological polar surface area (TPSA) is 108 Å². The van der Waals surface area contributed by atoms with E-state index >= 15 is 0 Å². The van der Waals surface area contributed by atoms with Crippen LogP contribution in [0.5, 0.6) is 0 Å². The quantitative estimate of drug-likeness (QED) is 0.311. The number of aliphatic hydroxyl groups is 1. The van der Waals surface area contributed by atoms with Crippen LogP contribution in [0.3, 0.4) is 0 Å². The molecule has 0 bridgehead atoms. The zero-order chi connectivity index (χ0) is 28.1. The molecule has 204 valence electrons. The fourth-order valence-electron chi connectivity index (χ4n) is 5.66. The molecule has 1 saturated carbocycles. The van der Waals surface area contributed by atoms with Crippen LogP contribution in [0, 0.1) is 23.7 Å². The van der Waals surface area contributed by atoms with Crippen LogP contribution in [0.4, 0.5) is 24.8 Å². The van der Waals surface area contributed by atoms with Gasteiger partial charge in [0.25, 0.3) is 0 Å². The molecule has 0 aliphatic heterocycles. The van der Waals surface area contributed by atoms with Crippen molar-refractivity contribution in [3.63, 3.8) is 0 Å². The minimum absolute atomic E-state index is 0.174. The van der Waals surface area contributed by atoms with Gasteiger partial charge in [0.15, 0.2) is 0 Å². The van der Waals surface area contributed by atoms with Gasteiger partial charge in [0.1, 0.15) is 16.3 Å². The normalized spacial score (nSPS) is 27.8. The Bertz CT molecular complexity index is 1360. The Morgan fingerprint density at radius 2 is 1.95 bits per heavy atom. The molecule has 0 unspecified atom stereocenters. The van der Waals surface area contributed by atoms with Crippen LogP contribution in [0.2, 0.25) is 0 Å². The highest BCUT2D eigenvalue weighted by molar-refractivity contribution is 7.15. The van der Waals surface area contributed by atoms with Gasteiger partial charge in [-0.15, -0.1) is 11.3 Å². The highest BCUT2D eigenvalue weighted by Gasteiger charge is 2.61. The number of benzene rings is 1. The molecule has 0 amide bonds. The van der Waals surface area contributed by atoms with Crippen LogP contribution in [-0.4, -0.2) is 31.1 Å². The van der Waals surface area contributed by atoms with Gasteiger partial charge in [0, 0.05) is 18.1 Å². The predicted octanol–water partition coefficient (Wildman–Crippen LogP) is 6.80. The first-order valence-corrected chi connectivity index (χ1v) is 13.1. The number of hydrogen-bond acceptors (Lipinski definition) is 7. The van der Waals surface area contributed by atoms with Gasteiger partial charge in [-0.25, -0.2) is 15.0 Å². The van der Waals surface area contributed by atoms with Crippen LogP contribution >= 0.6 is 11.3 Å². The van der Waals surface area contributed by atoms with E-state index < -0.39 is 34.3 Å². The maximum Gasteiger partial charge on any atom is 0.433 e. The highest BCUT2D eigenvalue weighted by Crippen LogP contribution is 2.61. The zero-order valence-corrected chi connectivity index (χ0v) is 22.7. The number of carboxylic acids is 1. The number of hydrogen-bond donors (Lipinski definition) is 3. The van der Waals surface area contributed by atoms with E-state index in [4.69, 9.17) is 0 Å². The number of anilines is 2. The smallest absolute Gasteiger partial charge is 0.433 e. The first kappa shape index (κ1) is 28.0. The molecule has 1 aliphatic rings. The molecule has 4 rings (SSSR count). The third kappa shape index (κ3) is 4.89. The Morgan fingerprint density at radius 1 is 1.24 bits per heavy atom. The number of nitrogens with one attached hydrogen (secondary N) is 1. The number of aryl methyl sites for hydroxylation is 1. The van der Waals surface area contributed by atoms with Gasteiger partial charge < -0.3 is 15.5 Å². The molecular formula is C27H31F3N4O3S. The number of aromatic nitrogens is 3. The largest absolute Gasteiger partial charge is 0.481 e. The van der Waals surface area contributed by atoms with Crippen molar-refractivity contribution in [1.29, 1.82) is 0 Å². The lowest BCUT2D eigenvalue weighted by Crippen LogP contribution is -2.57. The Hall–Kier alpha value is -3.05. The maximum atomic E-state index is 13.0. The summed E-state index contributed by atoms with van der Waals surface area (Å²) in [7, 11) is 0. The summed E-state index contributed by atoms with van der Waals surface area (Å²) >= 11 is 1.33. The number of rotatable bonds is 6. The third-order valence-electron chi connectivity index (χ3n) is 8.26. The van der Waals surface area contributed by atoms with Crippen molar-refractivity contribution in [3.8, 4) is 10.4 Å². The summed E-state index contributed by atoms with van der Waals surface area (Å²) in [5, 5.41) is 25.2. The number of halogens is 3. The molecule has 1 aromatic carbocycles. The summed E-state index contributed by atoms with van der Waals surface area (Å²) in [4.78, 5) is 25.1. The Balaban J connectivity index is 1.64. The maximum absolute atomic E-state index is 13.0. The van der Waals surface area contributed by atoms with E-state index in [2.05, 4.69) is 20.3 Å². The van der Waals surface area contributed by atoms with Crippen LogP contribution in [0.15, 0.2) is 36.7 Å². The first-order valence-electron chi connectivity index (χ1n) is 12.3. The molecule has 1 fully saturated rings. The second kappa shape index (κ2) is 9.60. The van der Waals surface area contributed by atoms with Crippen LogP contribution < -0.4 is 5.32 Å². The second-order valence-electron chi connectivity index (χ2n) is 10.7. The predicted molar refractivity (Wildman–Crippen MR) is 139 cm³/mol. The van der Waals surface area contributed by atoms with E-state index in [1.54, 1.807) is 25.3 Å². The van der Waals surface area contributed by atoms with Gasteiger partial charge in [-0.05, 0) is 73.8 Å². The van der Waals surface area contributed by atoms with Gasteiger partial charge in [0.2, 0.25) is 5.95 Å². The monoisotopic (exact) mass is 548 g/mol. The molecular weight excluding hydrogens is 517 g/mol. The molecule has 2 aromatic heterocycles. The van der Waals surface area contributed by atoms with Crippen molar-refractivity contribution >= 4 is 28.9 Å². The molecule has 7 nitrogen and oxygen atoms in total. The third-order valence-corrected chi connectivity index (χ3v) is 9.50. The summed E-state index contributed by atoms with van der Waals surface area (Å²) in [6, 6.07) is 6.26. The average molecular weight is 549 g/mol. The van der Waals surface area contributed by atoms with Crippen molar-refractivity contribution in [1.82, 2.24) is 15.0 Å². The van der Waals surface area contributed by atoms with Crippen LogP contribution in [0.25, 0.3) is 10.4 Å². The number of nitrogens with zero attached hydrogens (tertiary/aromatic N) is 3.